The van der Waals surface area contributed by atoms with Gasteiger partial charge in [-0.25, -0.2) is 0 Å². The molecule has 1 aromatic heterocycles. The Morgan fingerprint density at radius 1 is 0.971 bits per heavy atom. The van der Waals surface area contributed by atoms with E-state index in [1.807, 2.05) is 65.6 Å². The van der Waals surface area contributed by atoms with Crippen molar-refractivity contribution < 1.29 is 9.53 Å². The quantitative estimate of drug-likeness (QED) is 0.317. The summed E-state index contributed by atoms with van der Waals surface area (Å²) in [6.07, 6.45) is 0. The molecule has 0 unspecified atom stereocenters. The molecule has 6 nitrogen and oxygen atoms in total. The summed E-state index contributed by atoms with van der Waals surface area (Å²) in [5, 5.41) is 10.4. The predicted octanol–water partition coefficient (Wildman–Crippen LogP) is 5.66. The SMILES string of the molecule is Cc1ccccc1-n1c(SCc2ccc(C(=O)N3CCOCC3)cc2)nnc1-c1ccccc1Cl. The number of hydrogen-bond donors (Lipinski definition) is 0. The zero-order chi connectivity index (χ0) is 24.2. The highest BCUT2D eigenvalue weighted by atomic mass is 35.5. The summed E-state index contributed by atoms with van der Waals surface area (Å²) in [5.74, 6) is 1.45. The third kappa shape index (κ3) is 5.12. The van der Waals surface area contributed by atoms with Crippen LogP contribution in [0.15, 0.2) is 78.0 Å². The molecule has 4 aromatic rings. The molecule has 2 heterocycles. The Hall–Kier alpha value is -3.13. The van der Waals surface area contributed by atoms with Crippen molar-refractivity contribution in [3.05, 3.63) is 94.5 Å². The van der Waals surface area contributed by atoms with E-state index in [2.05, 4.69) is 33.8 Å². The number of ether oxygens (including phenoxy) is 1. The molecule has 5 rings (SSSR count). The van der Waals surface area contributed by atoms with E-state index < -0.39 is 0 Å². The maximum absolute atomic E-state index is 12.7. The van der Waals surface area contributed by atoms with Gasteiger partial charge in [-0.05, 0) is 48.4 Å². The Bertz CT molecular complexity index is 1330. The van der Waals surface area contributed by atoms with Gasteiger partial charge in [0.2, 0.25) is 0 Å². The topological polar surface area (TPSA) is 60.2 Å². The van der Waals surface area contributed by atoms with Gasteiger partial charge in [0.25, 0.3) is 5.91 Å². The Morgan fingerprint density at radius 3 is 2.43 bits per heavy atom. The molecule has 35 heavy (non-hydrogen) atoms. The van der Waals surface area contributed by atoms with Crippen LogP contribution in [0.2, 0.25) is 5.02 Å². The maximum Gasteiger partial charge on any atom is 0.254 e. The third-order valence-corrected chi connectivity index (χ3v) is 7.30. The molecule has 1 aliphatic heterocycles. The second-order valence-corrected chi connectivity index (χ2v) is 9.65. The summed E-state index contributed by atoms with van der Waals surface area (Å²) < 4.78 is 7.41. The number of hydrogen-bond acceptors (Lipinski definition) is 5. The Labute approximate surface area is 213 Å². The van der Waals surface area contributed by atoms with E-state index in [9.17, 15) is 4.79 Å². The van der Waals surface area contributed by atoms with E-state index in [-0.39, 0.29) is 5.91 Å². The number of carbonyl (C=O) groups excluding carboxylic acids is 1. The molecule has 3 aromatic carbocycles. The highest BCUT2D eigenvalue weighted by Crippen LogP contribution is 2.33. The fourth-order valence-electron chi connectivity index (χ4n) is 4.05. The lowest BCUT2D eigenvalue weighted by Crippen LogP contribution is -2.40. The van der Waals surface area contributed by atoms with E-state index in [0.717, 1.165) is 27.5 Å². The first-order valence-electron chi connectivity index (χ1n) is 11.5. The Morgan fingerprint density at radius 2 is 1.69 bits per heavy atom. The zero-order valence-electron chi connectivity index (χ0n) is 19.4. The number of para-hydroxylation sites is 1. The summed E-state index contributed by atoms with van der Waals surface area (Å²) in [7, 11) is 0. The maximum atomic E-state index is 12.7. The molecule has 0 aliphatic carbocycles. The van der Waals surface area contributed by atoms with E-state index >= 15 is 0 Å². The van der Waals surface area contributed by atoms with Crippen LogP contribution in [0.25, 0.3) is 17.1 Å². The van der Waals surface area contributed by atoms with Crippen LogP contribution in [0.4, 0.5) is 0 Å². The van der Waals surface area contributed by atoms with Gasteiger partial charge >= 0.3 is 0 Å². The number of benzene rings is 3. The lowest BCUT2D eigenvalue weighted by atomic mass is 10.1. The summed E-state index contributed by atoms with van der Waals surface area (Å²) >= 11 is 8.11. The minimum Gasteiger partial charge on any atom is -0.378 e. The normalized spacial score (nSPS) is 13.7. The standard InChI is InChI=1S/C27H25ClN4O2S/c1-19-6-2-5-9-24(19)32-25(22-7-3-4-8-23(22)28)29-30-27(32)35-18-20-10-12-21(13-11-20)26(33)31-14-16-34-17-15-31/h2-13H,14-18H2,1H3. The van der Waals surface area contributed by atoms with E-state index in [1.165, 1.54) is 0 Å². The average molecular weight is 505 g/mol. The number of morpholine rings is 1. The van der Waals surface area contributed by atoms with Crippen molar-refractivity contribution in [3.8, 4) is 17.1 Å². The van der Waals surface area contributed by atoms with Gasteiger partial charge in [0, 0.05) is 30.0 Å². The van der Waals surface area contributed by atoms with Crippen LogP contribution in [0.3, 0.4) is 0 Å². The molecule has 0 bridgehead atoms. The minimum atomic E-state index is 0.0520. The number of rotatable bonds is 6. The molecular weight excluding hydrogens is 480 g/mol. The number of carbonyl (C=O) groups is 1. The van der Waals surface area contributed by atoms with Gasteiger partial charge in [0.05, 0.1) is 23.9 Å². The Balaban J connectivity index is 1.39. The molecule has 0 spiro atoms. The minimum absolute atomic E-state index is 0.0520. The van der Waals surface area contributed by atoms with E-state index in [1.54, 1.807) is 11.8 Å². The third-order valence-electron chi connectivity index (χ3n) is 5.97. The van der Waals surface area contributed by atoms with Crippen molar-refractivity contribution in [3.63, 3.8) is 0 Å². The molecule has 0 N–H and O–H groups in total. The van der Waals surface area contributed by atoms with Crippen molar-refractivity contribution in [2.75, 3.05) is 26.3 Å². The molecule has 8 heteroatoms. The van der Waals surface area contributed by atoms with Crippen molar-refractivity contribution >= 4 is 29.3 Å². The van der Waals surface area contributed by atoms with Gasteiger partial charge < -0.3 is 9.64 Å². The highest BCUT2D eigenvalue weighted by molar-refractivity contribution is 7.98. The van der Waals surface area contributed by atoms with E-state index in [4.69, 9.17) is 16.3 Å². The van der Waals surface area contributed by atoms with Crippen LogP contribution in [-0.2, 0) is 10.5 Å². The molecular formula is C27H25ClN4O2S. The fourth-order valence-corrected chi connectivity index (χ4v) is 5.17. The van der Waals surface area contributed by atoms with Crippen molar-refractivity contribution in [1.82, 2.24) is 19.7 Å². The molecule has 178 valence electrons. The summed E-state index contributed by atoms with van der Waals surface area (Å²) in [5.41, 5.74) is 4.77. The Kier molecular flexibility index (Phi) is 7.18. The van der Waals surface area contributed by atoms with Gasteiger partial charge in [-0.2, -0.15) is 0 Å². The first kappa shape index (κ1) is 23.6. The van der Waals surface area contributed by atoms with Crippen LogP contribution >= 0.6 is 23.4 Å². The van der Waals surface area contributed by atoms with Gasteiger partial charge in [0.1, 0.15) is 0 Å². The molecule has 1 fully saturated rings. The molecule has 1 amide bonds. The smallest absolute Gasteiger partial charge is 0.254 e. The number of aromatic nitrogens is 3. The van der Waals surface area contributed by atoms with Crippen molar-refractivity contribution in [1.29, 1.82) is 0 Å². The average Bonchev–Trinajstić information content (AvgIpc) is 3.32. The monoisotopic (exact) mass is 504 g/mol. The molecule has 1 aliphatic rings. The van der Waals surface area contributed by atoms with Crippen LogP contribution < -0.4 is 0 Å². The van der Waals surface area contributed by atoms with Crippen LogP contribution in [-0.4, -0.2) is 51.9 Å². The molecule has 0 radical (unpaired) electrons. The number of thioether (sulfide) groups is 1. The van der Waals surface area contributed by atoms with Crippen LogP contribution in [0, 0.1) is 6.92 Å². The first-order chi connectivity index (χ1) is 17.1. The number of halogens is 1. The van der Waals surface area contributed by atoms with Gasteiger partial charge in [-0.15, -0.1) is 10.2 Å². The largest absolute Gasteiger partial charge is 0.378 e. The number of amides is 1. The van der Waals surface area contributed by atoms with Gasteiger partial charge in [-0.1, -0.05) is 65.8 Å². The number of nitrogens with zero attached hydrogens (tertiary/aromatic N) is 4. The van der Waals surface area contributed by atoms with Crippen molar-refractivity contribution in [2.24, 2.45) is 0 Å². The summed E-state index contributed by atoms with van der Waals surface area (Å²) in [4.78, 5) is 14.6. The van der Waals surface area contributed by atoms with Crippen molar-refractivity contribution in [2.45, 2.75) is 17.8 Å². The second kappa shape index (κ2) is 10.6. The van der Waals surface area contributed by atoms with Gasteiger partial charge in [0.15, 0.2) is 11.0 Å². The van der Waals surface area contributed by atoms with Crippen LogP contribution in [0.1, 0.15) is 21.5 Å². The fraction of sp³-hybridized carbons (Fsp3) is 0.222. The highest BCUT2D eigenvalue weighted by Gasteiger charge is 2.20. The first-order valence-corrected chi connectivity index (χ1v) is 12.8. The lowest BCUT2D eigenvalue weighted by Gasteiger charge is -2.26. The van der Waals surface area contributed by atoms with E-state index in [0.29, 0.717) is 48.5 Å². The number of aryl methyl sites for hydroxylation is 1. The molecule has 0 saturated carbocycles. The molecule has 1 saturated heterocycles. The molecule has 0 atom stereocenters. The zero-order valence-corrected chi connectivity index (χ0v) is 20.9. The summed E-state index contributed by atoms with van der Waals surface area (Å²) in [6.45, 7) is 4.54. The lowest BCUT2D eigenvalue weighted by molar-refractivity contribution is 0.0303. The van der Waals surface area contributed by atoms with Gasteiger partial charge in [-0.3, -0.25) is 9.36 Å². The summed E-state index contributed by atoms with van der Waals surface area (Å²) in [6, 6.07) is 23.6. The second-order valence-electron chi connectivity index (χ2n) is 8.30. The predicted molar refractivity (Wildman–Crippen MR) is 139 cm³/mol. The van der Waals surface area contributed by atoms with Crippen LogP contribution in [0.5, 0.6) is 0 Å².